The Morgan fingerprint density at radius 2 is 1.97 bits per heavy atom. The van der Waals surface area contributed by atoms with Gasteiger partial charge in [0, 0.05) is 11.6 Å². The number of benzene rings is 2. The predicted molar refractivity (Wildman–Crippen MR) is 125 cm³/mol. The Balaban J connectivity index is 2.05. The molecule has 0 radical (unpaired) electrons. The number of hydrogen-bond acceptors (Lipinski definition) is 7. The van der Waals surface area contributed by atoms with Crippen molar-refractivity contribution >= 4 is 46.9 Å². The summed E-state index contributed by atoms with van der Waals surface area (Å²) >= 11 is 5.23. The maximum absolute atomic E-state index is 13.3. The van der Waals surface area contributed by atoms with E-state index in [0.717, 1.165) is 0 Å². The van der Waals surface area contributed by atoms with Crippen LogP contribution in [0.4, 0.5) is 5.69 Å². The van der Waals surface area contributed by atoms with Gasteiger partial charge in [0.1, 0.15) is 11.3 Å². The van der Waals surface area contributed by atoms with Gasteiger partial charge in [0.15, 0.2) is 22.7 Å². The standard InChI is InChI=1S/C23H22N2O7S/c1-4-31-16-9-6-8-15(12-16)25-21(27)17(20(26)24-23(25)33)11-14-7-5-10-18(30-3)19(14)32-13(2)22(28)29/h5-13H,4H2,1-3H3,(H,28,29)(H,24,26,33)/b17-11+/t13-/m1/s1. The molecule has 3 rings (SSSR count). The molecule has 33 heavy (non-hydrogen) atoms. The number of ether oxygens (including phenoxy) is 3. The fraction of sp³-hybridized carbons (Fsp3) is 0.217. The van der Waals surface area contributed by atoms with Crippen molar-refractivity contribution < 1.29 is 33.7 Å². The number of rotatable bonds is 8. The topological polar surface area (TPSA) is 114 Å². The molecular formula is C23H22N2O7S. The molecule has 172 valence electrons. The van der Waals surface area contributed by atoms with Crippen LogP contribution in [-0.2, 0) is 14.4 Å². The number of para-hydroxylation sites is 1. The Morgan fingerprint density at radius 1 is 1.24 bits per heavy atom. The molecule has 10 heteroatoms. The zero-order valence-electron chi connectivity index (χ0n) is 18.2. The van der Waals surface area contributed by atoms with E-state index in [1.807, 2.05) is 6.92 Å². The molecule has 9 nitrogen and oxygen atoms in total. The monoisotopic (exact) mass is 470 g/mol. The highest BCUT2D eigenvalue weighted by atomic mass is 32.1. The lowest BCUT2D eigenvalue weighted by atomic mass is 10.1. The van der Waals surface area contributed by atoms with Crippen LogP contribution < -0.4 is 24.4 Å². The summed E-state index contributed by atoms with van der Waals surface area (Å²) in [5, 5.41) is 11.7. The molecule has 2 aromatic rings. The van der Waals surface area contributed by atoms with Crippen LogP contribution in [0.15, 0.2) is 48.0 Å². The molecule has 1 aliphatic heterocycles. The van der Waals surface area contributed by atoms with Crippen molar-refractivity contribution in [2.24, 2.45) is 0 Å². The number of amides is 2. The van der Waals surface area contributed by atoms with Crippen LogP contribution in [0.2, 0.25) is 0 Å². The second-order valence-corrected chi connectivity index (χ2v) is 7.25. The third-order valence-electron chi connectivity index (χ3n) is 4.66. The van der Waals surface area contributed by atoms with Crippen molar-refractivity contribution in [3.05, 3.63) is 53.6 Å². The number of thiocarbonyl (C=S) groups is 1. The second kappa shape index (κ2) is 10.1. The number of carbonyl (C=O) groups excluding carboxylic acids is 2. The number of nitrogens with zero attached hydrogens (tertiary/aromatic N) is 1. The summed E-state index contributed by atoms with van der Waals surface area (Å²) in [6.45, 7) is 3.64. The van der Waals surface area contributed by atoms with E-state index in [1.54, 1.807) is 42.5 Å². The van der Waals surface area contributed by atoms with E-state index < -0.39 is 23.9 Å². The number of carboxylic acids is 1. The van der Waals surface area contributed by atoms with E-state index in [1.165, 1.54) is 25.0 Å². The van der Waals surface area contributed by atoms with Crippen molar-refractivity contribution in [2.45, 2.75) is 20.0 Å². The lowest BCUT2D eigenvalue weighted by molar-refractivity contribution is -0.144. The normalized spacial score (nSPS) is 15.8. The highest BCUT2D eigenvalue weighted by molar-refractivity contribution is 7.80. The first-order chi connectivity index (χ1) is 15.8. The molecule has 1 aliphatic rings. The van der Waals surface area contributed by atoms with Crippen LogP contribution in [0.5, 0.6) is 17.2 Å². The average Bonchev–Trinajstić information content (AvgIpc) is 2.77. The Labute approximate surface area is 195 Å². The van der Waals surface area contributed by atoms with E-state index in [2.05, 4.69) is 5.32 Å². The first-order valence-corrected chi connectivity index (χ1v) is 10.4. The maximum atomic E-state index is 13.3. The van der Waals surface area contributed by atoms with Crippen molar-refractivity contribution in [1.82, 2.24) is 5.32 Å². The lowest BCUT2D eigenvalue weighted by Crippen LogP contribution is -2.54. The van der Waals surface area contributed by atoms with Crippen LogP contribution in [-0.4, -0.2) is 47.8 Å². The van der Waals surface area contributed by atoms with Crippen molar-refractivity contribution in [2.75, 3.05) is 18.6 Å². The first kappa shape index (κ1) is 23.7. The van der Waals surface area contributed by atoms with Gasteiger partial charge in [0.25, 0.3) is 11.8 Å². The molecule has 1 heterocycles. The molecule has 0 spiro atoms. The van der Waals surface area contributed by atoms with Gasteiger partial charge in [0.2, 0.25) is 0 Å². The van der Waals surface area contributed by atoms with Gasteiger partial charge >= 0.3 is 5.97 Å². The smallest absolute Gasteiger partial charge is 0.344 e. The number of methoxy groups -OCH3 is 1. The van der Waals surface area contributed by atoms with Gasteiger partial charge < -0.3 is 19.3 Å². The highest BCUT2D eigenvalue weighted by Gasteiger charge is 2.35. The summed E-state index contributed by atoms with van der Waals surface area (Å²) in [5.74, 6) is -1.66. The molecule has 1 fully saturated rings. The zero-order valence-corrected chi connectivity index (χ0v) is 19.0. The number of carbonyl (C=O) groups is 3. The van der Waals surface area contributed by atoms with E-state index in [4.69, 9.17) is 26.4 Å². The minimum absolute atomic E-state index is 0.0718. The van der Waals surface area contributed by atoms with Gasteiger partial charge in [-0.15, -0.1) is 0 Å². The van der Waals surface area contributed by atoms with Crippen LogP contribution in [0.3, 0.4) is 0 Å². The molecule has 0 aromatic heterocycles. The third kappa shape index (κ3) is 5.12. The van der Waals surface area contributed by atoms with Gasteiger partial charge in [-0.2, -0.15) is 0 Å². The fourth-order valence-corrected chi connectivity index (χ4v) is 3.37. The van der Waals surface area contributed by atoms with Crippen LogP contribution in [0, 0.1) is 0 Å². The SMILES string of the molecule is CCOc1cccc(N2C(=O)/C(=C/c3cccc(OC)c3O[C@H](C)C(=O)O)C(=O)NC2=S)c1. The van der Waals surface area contributed by atoms with Crippen LogP contribution >= 0.6 is 12.2 Å². The second-order valence-electron chi connectivity index (χ2n) is 6.87. The quantitative estimate of drug-likeness (QED) is 0.344. The number of anilines is 1. The Morgan fingerprint density at radius 3 is 2.64 bits per heavy atom. The Kier molecular flexibility index (Phi) is 7.29. The van der Waals surface area contributed by atoms with E-state index >= 15 is 0 Å². The van der Waals surface area contributed by atoms with Crippen molar-refractivity contribution in [3.8, 4) is 17.2 Å². The molecule has 0 bridgehead atoms. The minimum atomic E-state index is -1.19. The van der Waals surface area contributed by atoms with Crippen LogP contribution in [0.1, 0.15) is 19.4 Å². The summed E-state index contributed by atoms with van der Waals surface area (Å²) in [6.07, 6.45) is 0.116. The van der Waals surface area contributed by atoms with Gasteiger partial charge in [0.05, 0.1) is 19.4 Å². The molecule has 2 amide bonds. The number of hydrogen-bond donors (Lipinski definition) is 2. The molecule has 0 aliphatic carbocycles. The summed E-state index contributed by atoms with van der Waals surface area (Å²) in [6, 6.07) is 11.5. The van der Waals surface area contributed by atoms with Crippen molar-refractivity contribution in [3.63, 3.8) is 0 Å². The van der Waals surface area contributed by atoms with E-state index in [0.29, 0.717) is 18.0 Å². The maximum Gasteiger partial charge on any atom is 0.344 e. The third-order valence-corrected chi connectivity index (χ3v) is 4.94. The molecule has 1 saturated heterocycles. The lowest BCUT2D eigenvalue weighted by Gasteiger charge is -2.29. The summed E-state index contributed by atoms with van der Waals surface area (Å²) < 4.78 is 16.3. The summed E-state index contributed by atoms with van der Waals surface area (Å²) in [5.41, 5.74) is 0.492. The molecule has 0 saturated carbocycles. The van der Waals surface area contributed by atoms with Gasteiger partial charge in [-0.3, -0.25) is 19.8 Å². The molecule has 0 unspecified atom stereocenters. The number of carboxylic acid groups (broad SMARTS) is 1. The Bertz CT molecular complexity index is 1150. The largest absolute Gasteiger partial charge is 0.494 e. The number of nitrogens with one attached hydrogen (secondary N) is 1. The van der Waals surface area contributed by atoms with Crippen molar-refractivity contribution in [1.29, 1.82) is 0 Å². The van der Waals surface area contributed by atoms with Crippen LogP contribution in [0.25, 0.3) is 6.08 Å². The van der Waals surface area contributed by atoms with E-state index in [-0.39, 0.29) is 27.7 Å². The average molecular weight is 471 g/mol. The minimum Gasteiger partial charge on any atom is -0.494 e. The van der Waals surface area contributed by atoms with Gasteiger partial charge in [-0.25, -0.2) is 4.79 Å². The molecule has 2 N–H and O–H groups in total. The van der Waals surface area contributed by atoms with Gasteiger partial charge in [-0.05, 0) is 50.3 Å². The number of aliphatic carboxylic acids is 1. The zero-order chi connectivity index (χ0) is 24.1. The highest BCUT2D eigenvalue weighted by Crippen LogP contribution is 2.34. The first-order valence-electron chi connectivity index (χ1n) is 9.97. The Hall–Kier alpha value is -3.92. The van der Waals surface area contributed by atoms with E-state index in [9.17, 15) is 19.5 Å². The summed E-state index contributed by atoms with van der Waals surface area (Å²) in [4.78, 5) is 38.4. The predicted octanol–water partition coefficient (Wildman–Crippen LogP) is 2.78. The van der Waals surface area contributed by atoms with Gasteiger partial charge in [-0.1, -0.05) is 18.2 Å². The molecule has 1 atom stereocenters. The molecular weight excluding hydrogens is 448 g/mol. The molecule has 2 aromatic carbocycles. The summed E-state index contributed by atoms with van der Waals surface area (Å²) in [7, 11) is 1.40. The fourth-order valence-electron chi connectivity index (χ4n) is 3.09.